The highest BCUT2D eigenvalue weighted by Crippen LogP contribution is 2.31. The molecule has 2 aromatic rings. The van der Waals surface area contributed by atoms with E-state index in [9.17, 15) is 9.90 Å². The smallest absolute Gasteiger partial charge is 0.373 e. The maximum atomic E-state index is 11.4. The van der Waals surface area contributed by atoms with Crippen molar-refractivity contribution in [3.63, 3.8) is 0 Å². The third kappa shape index (κ3) is 2.53. The molecule has 5 nitrogen and oxygen atoms in total. The van der Waals surface area contributed by atoms with E-state index in [0.717, 1.165) is 0 Å². The summed E-state index contributed by atoms with van der Waals surface area (Å²) in [5.41, 5.74) is -0.720. The van der Waals surface area contributed by atoms with E-state index in [1.807, 2.05) is 0 Å². The lowest BCUT2D eigenvalue weighted by molar-refractivity contribution is 0.0522. The van der Waals surface area contributed by atoms with E-state index in [1.54, 1.807) is 44.4 Å². The molecule has 0 fully saturated rings. The molecule has 0 spiro atoms. The van der Waals surface area contributed by atoms with E-state index in [4.69, 9.17) is 9.15 Å². The Morgan fingerprint density at radius 1 is 1.15 bits per heavy atom. The Labute approximate surface area is 116 Å². The fraction of sp³-hybridized carbons (Fsp3) is 0.267. The molecule has 106 valence electrons. The molecule has 0 aliphatic rings. The Morgan fingerprint density at radius 3 is 2.35 bits per heavy atom. The molecule has 1 aromatic heterocycles. The number of esters is 1. The first-order valence-electron chi connectivity index (χ1n) is 6.04. The van der Waals surface area contributed by atoms with Crippen LogP contribution in [0, 0.1) is 0 Å². The lowest BCUT2D eigenvalue weighted by Crippen LogP contribution is -2.21. The molecule has 0 radical (unpaired) electrons. The van der Waals surface area contributed by atoms with Gasteiger partial charge in [0, 0.05) is 0 Å². The van der Waals surface area contributed by atoms with Crippen molar-refractivity contribution in [1.82, 2.24) is 0 Å². The van der Waals surface area contributed by atoms with Crippen LogP contribution in [0.4, 0.5) is 0 Å². The SMILES string of the molecule is COC(=O)c1ccc(C(C)(O)c2ccc(OC)cc2)o1. The Morgan fingerprint density at radius 2 is 1.80 bits per heavy atom. The summed E-state index contributed by atoms with van der Waals surface area (Å²) in [6.45, 7) is 1.59. The molecule has 0 aliphatic carbocycles. The van der Waals surface area contributed by atoms with Crippen LogP contribution in [0.25, 0.3) is 0 Å². The van der Waals surface area contributed by atoms with Gasteiger partial charge in [-0.05, 0) is 36.8 Å². The zero-order chi connectivity index (χ0) is 14.8. The fourth-order valence-electron chi connectivity index (χ4n) is 1.87. The first kappa shape index (κ1) is 14.1. The highest BCUT2D eigenvalue weighted by atomic mass is 16.5. The molecular formula is C15H16O5. The molecule has 0 amide bonds. The van der Waals surface area contributed by atoms with Crippen LogP contribution in [0.15, 0.2) is 40.8 Å². The maximum absolute atomic E-state index is 11.4. The van der Waals surface area contributed by atoms with E-state index < -0.39 is 11.6 Å². The van der Waals surface area contributed by atoms with E-state index in [-0.39, 0.29) is 11.5 Å². The van der Waals surface area contributed by atoms with Crippen molar-refractivity contribution < 1.29 is 23.8 Å². The van der Waals surface area contributed by atoms with Crippen molar-refractivity contribution in [3.8, 4) is 5.75 Å². The van der Waals surface area contributed by atoms with Gasteiger partial charge < -0.3 is 19.0 Å². The summed E-state index contributed by atoms with van der Waals surface area (Å²) in [4.78, 5) is 11.4. The second-order valence-corrected chi connectivity index (χ2v) is 4.46. The molecule has 2 rings (SSSR count). The number of methoxy groups -OCH3 is 2. The summed E-state index contributed by atoms with van der Waals surface area (Å²) in [7, 11) is 2.84. The van der Waals surface area contributed by atoms with Crippen molar-refractivity contribution in [2.24, 2.45) is 0 Å². The van der Waals surface area contributed by atoms with Gasteiger partial charge in [0.25, 0.3) is 0 Å². The largest absolute Gasteiger partial charge is 0.497 e. The van der Waals surface area contributed by atoms with Gasteiger partial charge in [0.1, 0.15) is 17.1 Å². The normalized spacial score (nSPS) is 13.6. The van der Waals surface area contributed by atoms with Crippen molar-refractivity contribution in [3.05, 3.63) is 53.5 Å². The van der Waals surface area contributed by atoms with Gasteiger partial charge in [-0.3, -0.25) is 0 Å². The lowest BCUT2D eigenvalue weighted by Gasteiger charge is -2.21. The van der Waals surface area contributed by atoms with Crippen molar-refractivity contribution in [1.29, 1.82) is 0 Å². The summed E-state index contributed by atoms with van der Waals surface area (Å²) >= 11 is 0. The predicted molar refractivity (Wildman–Crippen MR) is 71.7 cm³/mol. The summed E-state index contributed by atoms with van der Waals surface area (Å²) < 4.78 is 15.0. The first-order valence-corrected chi connectivity index (χ1v) is 6.04. The molecule has 0 bridgehead atoms. The van der Waals surface area contributed by atoms with Crippen LogP contribution in [0.3, 0.4) is 0 Å². The van der Waals surface area contributed by atoms with Gasteiger partial charge in [0.2, 0.25) is 5.76 Å². The van der Waals surface area contributed by atoms with Gasteiger partial charge in [-0.2, -0.15) is 0 Å². The van der Waals surface area contributed by atoms with Crippen LogP contribution < -0.4 is 4.74 Å². The van der Waals surface area contributed by atoms with E-state index >= 15 is 0 Å². The van der Waals surface area contributed by atoms with Gasteiger partial charge in [-0.15, -0.1) is 0 Å². The minimum absolute atomic E-state index is 0.0521. The number of benzene rings is 1. The van der Waals surface area contributed by atoms with E-state index in [1.165, 1.54) is 13.2 Å². The molecule has 1 atom stereocenters. The van der Waals surface area contributed by atoms with Crippen molar-refractivity contribution in [2.75, 3.05) is 14.2 Å². The highest BCUT2D eigenvalue weighted by molar-refractivity contribution is 5.86. The van der Waals surface area contributed by atoms with Gasteiger partial charge in [0.15, 0.2) is 0 Å². The highest BCUT2D eigenvalue weighted by Gasteiger charge is 2.30. The minimum atomic E-state index is -1.35. The predicted octanol–water partition coefficient (Wildman–Crippen LogP) is 2.33. The summed E-state index contributed by atoms with van der Waals surface area (Å²) in [6, 6.07) is 9.98. The molecule has 20 heavy (non-hydrogen) atoms. The Kier molecular flexibility index (Phi) is 3.81. The summed E-state index contributed by atoms with van der Waals surface area (Å²) in [5.74, 6) is 0.431. The van der Waals surface area contributed by atoms with Crippen LogP contribution >= 0.6 is 0 Å². The van der Waals surface area contributed by atoms with Crippen LogP contribution in [0.1, 0.15) is 28.8 Å². The number of aliphatic hydroxyl groups is 1. The Hall–Kier alpha value is -2.27. The zero-order valence-corrected chi connectivity index (χ0v) is 11.5. The first-order chi connectivity index (χ1) is 9.48. The number of carbonyl (C=O) groups is 1. The average molecular weight is 276 g/mol. The quantitative estimate of drug-likeness (QED) is 0.868. The number of hydrogen-bond donors (Lipinski definition) is 1. The van der Waals surface area contributed by atoms with Crippen molar-refractivity contribution >= 4 is 5.97 Å². The average Bonchev–Trinajstić information content (AvgIpc) is 2.97. The number of carbonyl (C=O) groups excluding carboxylic acids is 1. The molecule has 0 aliphatic heterocycles. The Bertz CT molecular complexity index is 595. The van der Waals surface area contributed by atoms with Gasteiger partial charge in [-0.25, -0.2) is 4.79 Å². The van der Waals surface area contributed by atoms with E-state index in [2.05, 4.69) is 4.74 Å². The van der Waals surface area contributed by atoms with Crippen LogP contribution in [-0.4, -0.2) is 25.3 Å². The molecule has 0 saturated carbocycles. The van der Waals surface area contributed by atoms with Crippen LogP contribution in [0.5, 0.6) is 5.75 Å². The lowest BCUT2D eigenvalue weighted by atomic mass is 9.93. The zero-order valence-electron chi connectivity index (χ0n) is 11.5. The molecule has 1 aromatic carbocycles. The standard InChI is InChI=1S/C15H16O5/c1-15(17,10-4-6-11(18-2)7-5-10)13-9-8-12(20-13)14(16)19-3/h4-9,17H,1-3H3. The Balaban J connectivity index is 2.33. The summed E-state index contributed by atoms with van der Waals surface area (Å²) in [5, 5.41) is 10.6. The molecular weight excluding hydrogens is 260 g/mol. The maximum Gasteiger partial charge on any atom is 0.373 e. The van der Waals surface area contributed by atoms with Crippen LogP contribution in [-0.2, 0) is 10.3 Å². The van der Waals surface area contributed by atoms with Crippen LogP contribution in [0.2, 0.25) is 0 Å². The summed E-state index contributed by atoms with van der Waals surface area (Å²) in [6.07, 6.45) is 0. The second kappa shape index (κ2) is 5.38. The molecule has 5 heteroatoms. The monoisotopic (exact) mass is 276 g/mol. The number of furan rings is 1. The third-order valence-corrected chi connectivity index (χ3v) is 3.12. The second-order valence-electron chi connectivity index (χ2n) is 4.46. The topological polar surface area (TPSA) is 68.9 Å². The minimum Gasteiger partial charge on any atom is -0.497 e. The number of ether oxygens (including phenoxy) is 2. The number of hydrogen-bond acceptors (Lipinski definition) is 5. The van der Waals surface area contributed by atoms with Gasteiger partial charge in [0.05, 0.1) is 14.2 Å². The third-order valence-electron chi connectivity index (χ3n) is 3.12. The van der Waals surface area contributed by atoms with Gasteiger partial charge >= 0.3 is 5.97 Å². The molecule has 0 saturated heterocycles. The van der Waals surface area contributed by atoms with E-state index in [0.29, 0.717) is 11.3 Å². The fourth-order valence-corrected chi connectivity index (χ4v) is 1.87. The number of rotatable bonds is 4. The van der Waals surface area contributed by atoms with Gasteiger partial charge in [-0.1, -0.05) is 12.1 Å². The van der Waals surface area contributed by atoms with Crippen molar-refractivity contribution in [2.45, 2.75) is 12.5 Å². The molecule has 1 heterocycles. The molecule has 1 N–H and O–H groups in total. The molecule has 1 unspecified atom stereocenters.